The lowest BCUT2D eigenvalue weighted by atomic mass is 10.2. The van der Waals surface area contributed by atoms with Crippen LogP contribution in [0.2, 0.25) is 0 Å². The van der Waals surface area contributed by atoms with E-state index in [4.69, 9.17) is 19.9 Å². The zero-order valence-electron chi connectivity index (χ0n) is 13.8. The molecule has 23 heavy (non-hydrogen) atoms. The van der Waals surface area contributed by atoms with Crippen LogP contribution in [0.25, 0.3) is 11.2 Å². The first-order valence-electron chi connectivity index (χ1n) is 8.01. The number of methoxy groups -OCH3 is 1. The zero-order valence-corrected chi connectivity index (χ0v) is 13.8. The van der Waals surface area contributed by atoms with Gasteiger partial charge in [0.1, 0.15) is 6.23 Å². The molecule has 0 spiro atoms. The number of ether oxygens (including phenoxy) is 3. The number of hydrogen-bond acceptors (Lipinski definition) is 7. The van der Waals surface area contributed by atoms with E-state index in [-0.39, 0.29) is 24.2 Å². The van der Waals surface area contributed by atoms with Crippen LogP contribution < -0.4 is 15.2 Å². The van der Waals surface area contributed by atoms with Crippen LogP contribution in [-0.2, 0) is 4.74 Å². The summed E-state index contributed by atoms with van der Waals surface area (Å²) in [5.41, 5.74) is 7.13. The van der Waals surface area contributed by atoms with Crippen molar-refractivity contribution in [2.24, 2.45) is 0 Å². The van der Waals surface area contributed by atoms with Crippen molar-refractivity contribution in [2.45, 2.75) is 51.9 Å². The number of nitrogens with zero attached hydrogens (tertiary/aromatic N) is 4. The van der Waals surface area contributed by atoms with E-state index in [0.717, 1.165) is 25.7 Å². The van der Waals surface area contributed by atoms with Gasteiger partial charge in [0.15, 0.2) is 17.0 Å². The highest BCUT2D eigenvalue weighted by Gasteiger charge is 2.26. The van der Waals surface area contributed by atoms with Crippen molar-refractivity contribution in [3.63, 3.8) is 0 Å². The topological polar surface area (TPSA) is 97.3 Å². The molecule has 3 heterocycles. The molecule has 0 bridgehead atoms. The van der Waals surface area contributed by atoms with E-state index >= 15 is 0 Å². The average molecular weight is 321 g/mol. The lowest BCUT2D eigenvalue weighted by Crippen LogP contribution is -2.19. The van der Waals surface area contributed by atoms with E-state index in [1.165, 1.54) is 0 Å². The highest BCUT2D eigenvalue weighted by atomic mass is 16.5. The Balaban J connectivity index is 2.08. The van der Waals surface area contributed by atoms with E-state index in [0.29, 0.717) is 23.8 Å². The third-order valence-corrected chi connectivity index (χ3v) is 4.02. The smallest absolute Gasteiger partial charge is 0.320 e. The Morgan fingerprint density at radius 1 is 1.35 bits per heavy atom. The molecule has 1 aliphatic heterocycles. The fraction of sp³-hybridized carbons (Fsp3) is 0.667. The predicted molar refractivity (Wildman–Crippen MR) is 85.5 cm³/mol. The summed E-state index contributed by atoms with van der Waals surface area (Å²) in [5, 5.41) is 0. The maximum absolute atomic E-state index is 6.04. The van der Waals surface area contributed by atoms with E-state index < -0.39 is 0 Å². The minimum Gasteiger partial charge on any atom is -0.468 e. The first kappa shape index (κ1) is 15.8. The summed E-state index contributed by atoms with van der Waals surface area (Å²) in [7, 11) is 1.57. The molecule has 2 aromatic rings. The van der Waals surface area contributed by atoms with Crippen molar-refractivity contribution < 1.29 is 14.2 Å². The number of nitrogen functional groups attached to an aromatic ring is 1. The average Bonchev–Trinajstić information content (AvgIpc) is 2.94. The van der Waals surface area contributed by atoms with E-state index in [9.17, 15) is 0 Å². The van der Waals surface area contributed by atoms with Gasteiger partial charge in [-0.2, -0.15) is 15.0 Å². The predicted octanol–water partition coefficient (Wildman–Crippen LogP) is 2.29. The molecule has 2 atom stereocenters. The second kappa shape index (κ2) is 6.57. The summed E-state index contributed by atoms with van der Waals surface area (Å²) in [6, 6.07) is 0.678. The van der Waals surface area contributed by atoms with Gasteiger partial charge in [-0.3, -0.25) is 4.57 Å². The molecule has 2 aromatic heterocycles. The van der Waals surface area contributed by atoms with Gasteiger partial charge in [-0.25, -0.2) is 0 Å². The summed E-state index contributed by atoms with van der Waals surface area (Å²) < 4.78 is 18.8. The molecule has 0 radical (unpaired) electrons. The van der Waals surface area contributed by atoms with Crippen molar-refractivity contribution >= 4 is 17.0 Å². The summed E-state index contributed by atoms with van der Waals surface area (Å²) in [6.07, 6.45) is 3.74. The summed E-state index contributed by atoms with van der Waals surface area (Å²) in [6.45, 7) is 4.71. The Morgan fingerprint density at radius 2 is 2.17 bits per heavy atom. The van der Waals surface area contributed by atoms with Crippen LogP contribution in [0.15, 0.2) is 0 Å². The van der Waals surface area contributed by atoms with Crippen molar-refractivity contribution in [2.75, 3.05) is 19.5 Å². The number of hydrogen-bond donors (Lipinski definition) is 1. The van der Waals surface area contributed by atoms with Crippen molar-refractivity contribution in [3.8, 4) is 12.0 Å². The largest absolute Gasteiger partial charge is 0.468 e. The van der Waals surface area contributed by atoms with Gasteiger partial charge >= 0.3 is 12.0 Å². The van der Waals surface area contributed by atoms with Crippen molar-refractivity contribution in [3.05, 3.63) is 0 Å². The number of aromatic nitrogens is 4. The van der Waals surface area contributed by atoms with Crippen molar-refractivity contribution in [1.82, 2.24) is 19.5 Å². The summed E-state index contributed by atoms with van der Waals surface area (Å²) in [4.78, 5) is 13.1. The Hall–Kier alpha value is -2.09. The second-order valence-electron chi connectivity index (χ2n) is 5.69. The molecule has 126 valence electrons. The van der Waals surface area contributed by atoms with Crippen LogP contribution in [0.4, 0.5) is 5.82 Å². The molecule has 3 rings (SSSR count). The molecule has 1 saturated heterocycles. The van der Waals surface area contributed by atoms with Crippen molar-refractivity contribution in [1.29, 1.82) is 0 Å². The molecule has 1 unspecified atom stereocenters. The van der Waals surface area contributed by atoms with Gasteiger partial charge in [0.2, 0.25) is 0 Å². The van der Waals surface area contributed by atoms with Crippen LogP contribution in [0, 0.1) is 0 Å². The fourth-order valence-electron chi connectivity index (χ4n) is 2.60. The van der Waals surface area contributed by atoms with Crippen LogP contribution >= 0.6 is 0 Å². The molecule has 0 amide bonds. The maximum atomic E-state index is 6.04. The Labute approximate surface area is 135 Å². The Morgan fingerprint density at radius 3 is 2.83 bits per heavy atom. The number of anilines is 1. The number of imidazole rings is 1. The third-order valence-electron chi connectivity index (χ3n) is 4.02. The van der Waals surface area contributed by atoms with Gasteiger partial charge in [0, 0.05) is 6.61 Å². The lowest BCUT2D eigenvalue weighted by Gasteiger charge is -2.24. The number of nitrogens with two attached hydrogens (primary N) is 1. The maximum Gasteiger partial charge on any atom is 0.320 e. The second-order valence-corrected chi connectivity index (χ2v) is 5.69. The summed E-state index contributed by atoms with van der Waals surface area (Å²) >= 11 is 0. The monoisotopic (exact) mass is 321 g/mol. The third kappa shape index (κ3) is 3.03. The summed E-state index contributed by atoms with van der Waals surface area (Å²) in [5.74, 6) is 0.279. The minimum atomic E-state index is -0.158. The molecule has 0 saturated carbocycles. The van der Waals surface area contributed by atoms with Gasteiger partial charge in [0.05, 0.1) is 13.2 Å². The molecular formula is C15H23N5O3. The molecule has 8 nitrogen and oxygen atoms in total. The van der Waals surface area contributed by atoms with Gasteiger partial charge in [-0.1, -0.05) is 6.92 Å². The molecule has 0 aromatic carbocycles. The standard InChI is InChI=1S/C15H23N5O3/c1-4-9(2)23-14-18-12(16)11-13(19-14)20(15(17-11)21-3)10-7-5-6-8-22-10/h9-10H,4-8H2,1-3H3,(H2,16,18,19)/t9-,10?/m0/s1. The molecule has 0 aliphatic carbocycles. The zero-order chi connectivity index (χ0) is 16.4. The van der Waals surface area contributed by atoms with Crippen LogP contribution in [-0.4, -0.2) is 39.3 Å². The number of rotatable bonds is 5. The van der Waals surface area contributed by atoms with Gasteiger partial charge in [0.25, 0.3) is 0 Å². The Kier molecular flexibility index (Phi) is 4.51. The van der Waals surface area contributed by atoms with E-state index in [1.807, 2.05) is 18.4 Å². The molecule has 1 fully saturated rings. The lowest BCUT2D eigenvalue weighted by molar-refractivity contribution is -0.0334. The SMILES string of the molecule is CC[C@H](C)Oc1nc(N)c2nc(OC)n(C3CCCCO3)c2n1. The molecule has 2 N–H and O–H groups in total. The van der Waals surface area contributed by atoms with Crippen LogP contribution in [0.1, 0.15) is 45.8 Å². The van der Waals surface area contributed by atoms with E-state index in [1.54, 1.807) is 7.11 Å². The first-order valence-corrected chi connectivity index (χ1v) is 8.01. The molecule has 1 aliphatic rings. The normalized spacial score (nSPS) is 19.7. The first-order chi connectivity index (χ1) is 11.1. The molecule has 8 heteroatoms. The van der Waals surface area contributed by atoms with Crippen LogP contribution in [0.3, 0.4) is 0 Å². The van der Waals surface area contributed by atoms with Gasteiger partial charge < -0.3 is 19.9 Å². The quantitative estimate of drug-likeness (QED) is 0.902. The fourth-order valence-corrected chi connectivity index (χ4v) is 2.60. The highest BCUT2D eigenvalue weighted by molar-refractivity contribution is 5.83. The molecular weight excluding hydrogens is 298 g/mol. The highest BCUT2D eigenvalue weighted by Crippen LogP contribution is 2.33. The van der Waals surface area contributed by atoms with Gasteiger partial charge in [-0.05, 0) is 32.6 Å². The van der Waals surface area contributed by atoms with E-state index in [2.05, 4.69) is 15.0 Å². The number of fused-ring (bicyclic) bond motifs is 1. The van der Waals surface area contributed by atoms with Crippen LogP contribution in [0.5, 0.6) is 12.0 Å². The van der Waals surface area contributed by atoms with Gasteiger partial charge in [-0.15, -0.1) is 0 Å². The Bertz CT molecular complexity index is 681. The minimum absolute atomic E-state index is 0.0102.